The molecule has 3 aromatic rings. The van der Waals surface area contributed by atoms with Crippen molar-refractivity contribution in [1.29, 1.82) is 0 Å². The Morgan fingerprint density at radius 2 is 1.98 bits per heavy atom. The van der Waals surface area contributed by atoms with E-state index >= 15 is 0 Å². The minimum absolute atomic E-state index is 0.00959. The van der Waals surface area contributed by atoms with Crippen LogP contribution in [0.15, 0.2) is 53.6 Å². The minimum Gasteiger partial charge on any atom is -0.486 e. The van der Waals surface area contributed by atoms with Gasteiger partial charge in [-0.3, -0.25) is 9.10 Å². The van der Waals surface area contributed by atoms with Crippen LogP contribution in [0.2, 0.25) is 5.02 Å². The number of hydrogen-bond donors (Lipinski definition) is 0. The number of carbonyl (C=O) groups excluding carboxylic acids is 1. The maximum absolute atomic E-state index is 14.5. The van der Waals surface area contributed by atoms with Gasteiger partial charge in [-0.2, -0.15) is 13.2 Å². The number of alkyl halides is 3. The SMILES string of the molecule is CCOc1ncc(C(F)(F)F)cc1S(=O)(=O)N1C[C@H](CCC(=O)OC)Oc2ccc(/C=C(\C)c3c(F)cccc3Cl)cc21. The Labute approximate surface area is 250 Å². The van der Waals surface area contributed by atoms with E-state index in [1.54, 1.807) is 19.1 Å². The summed E-state index contributed by atoms with van der Waals surface area (Å²) in [6.45, 7) is 2.75. The Morgan fingerprint density at radius 1 is 1.23 bits per heavy atom. The number of allylic oxidation sites excluding steroid dienone is 1. The third kappa shape index (κ3) is 7.04. The molecule has 0 saturated heterocycles. The number of ether oxygens (including phenoxy) is 3. The molecule has 8 nitrogen and oxygen atoms in total. The standard InChI is InChI=1S/C29H27ClF4N2O6S/c1-4-41-28-25(14-19(15-35-28)29(32,33)34)43(38,39)36-16-20(9-11-26(37)40-3)42-24-10-8-18(13-23(24)36)12-17(2)27-21(30)6-5-7-22(27)31/h5-8,10,12-15,20H,4,9,11,16H2,1-3H3/b17-12+/t20-/m0/s1. The summed E-state index contributed by atoms with van der Waals surface area (Å²) in [5.41, 5.74) is -0.248. The molecule has 1 aliphatic heterocycles. The molecule has 0 radical (unpaired) electrons. The number of rotatable bonds is 9. The van der Waals surface area contributed by atoms with Crippen molar-refractivity contribution in [3.05, 3.63) is 76.2 Å². The summed E-state index contributed by atoms with van der Waals surface area (Å²) in [5.74, 6) is -1.51. The van der Waals surface area contributed by atoms with Crippen LogP contribution in [0.5, 0.6) is 11.6 Å². The molecule has 0 fully saturated rings. The maximum atomic E-state index is 14.5. The van der Waals surface area contributed by atoms with Crippen molar-refractivity contribution in [2.75, 3.05) is 24.6 Å². The zero-order chi connectivity index (χ0) is 31.5. The van der Waals surface area contributed by atoms with Crippen molar-refractivity contribution in [3.8, 4) is 11.6 Å². The van der Waals surface area contributed by atoms with E-state index in [4.69, 9.17) is 21.1 Å². The molecule has 0 bridgehead atoms. The molecule has 2 aromatic carbocycles. The Hall–Kier alpha value is -3.84. The van der Waals surface area contributed by atoms with Crippen LogP contribution in [0, 0.1) is 5.82 Å². The fraction of sp³-hybridized carbons (Fsp3) is 0.310. The third-order valence-electron chi connectivity index (χ3n) is 6.55. The van der Waals surface area contributed by atoms with Gasteiger partial charge in [-0.1, -0.05) is 29.8 Å². The smallest absolute Gasteiger partial charge is 0.417 e. The maximum Gasteiger partial charge on any atom is 0.417 e. The van der Waals surface area contributed by atoms with Crippen LogP contribution in [0.25, 0.3) is 11.6 Å². The van der Waals surface area contributed by atoms with Crippen molar-refractivity contribution in [2.45, 2.75) is 43.9 Å². The molecule has 230 valence electrons. The number of aromatic nitrogens is 1. The first-order chi connectivity index (χ1) is 20.3. The molecule has 14 heteroatoms. The molecule has 0 aliphatic carbocycles. The van der Waals surface area contributed by atoms with Gasteiger partial charge in [-0.15, -0.1) is 0 Å². The van der Waals surface area contributed by atoms with Crippen LogP contribution in [0.3, 0.4) is 0 Å². The second-order valence-electron chi connectivity index (χ2n) is 9.50. The molecular weight excluding hydrogens is 616 g/mol. The zero-order valence-corrected chi connectivity index (χ0v) is 24.8. The number of nitrogens with zero attached hydrogens (tertiary/aromatic N) is 2. The monoisotopic (exact) mass is 642 g/mol. The number of methoxy groups -OCH3 is 1. The predicted molar refractivity (Wildman–Crippen MR) is 152 cm³/mol. The molecule has 0 spiro atoms. The van der Waals surface area contributed by atoms with Crippen molar-refractivity contribution < 1.29 is 45.0 Å². The lowest BCUT2D eigenvalue weighted by Gasteiger charge is -2.36. The van der Waals surface area contributed by atoms with Gasteiger partial charge in [0.1, 0.15) is 17.7 Å². The van der Waals surface area contributed by atoms with Gasteiger partial charge in [0.2, 0.25) is 5.88 Å². The molecule has 0 N–H and O–H groups in total. The number of carbonyl (C=O) groups is 1. The summed E-state index contributed by atoms with van der Waals surface area (Å²) in [5, 5.41) is 0.174. The van der Waals surface area contributed by atoms with Crippen molar-refractivity contribution >= 4 is 44.9 Å². The fourth-order valence-electron chi connectivity index (χ4n) is 4.51. The highest BCUT2D eigenvalue weighted by Gasteiger charge is 2.39. The molecule has 1 atom stereocenters. The number of halogens is 5. The number of hydrogen-bond acceptors (Lipinski definition) is 7. The van der Waals surface area contributed by atoms with Crippen LogP contribution in [0.4, 0.5) is 23.2 Å². The summed E-state index contributed by atoms with van der Waals surface area (Å²) < 4.78 is 100. The Morgan fingerprint density at radius 3 is 2.63 bits per heavy atom. The number of fused-ring (bicyclic) bond motifs is 1. The number of pyridine rings is 1. The minimum atomic E-state index is -4.88. The molecular formula is C29H27ClF4N2O6S. The zero-order valence-electron chi connectivity index (χ0n) is 23.2. The van der Waals surface area contributed by atoms with E-state index in [1.807, 2.05) is 0 Å². The molecule has 0 saturated carbocycles. The van der Waals surface area contributed by atoms with Crippen LogP contribution >= 0.6 is 11.6 Å². The Balaban J connectivity index is 1.85. The lowest BCUT2D eigenvalue weighted by molar-refractivity contribution is -0.141. The number of sulfonamides is 1. The lowest BCUT2D eigenvalue weighted by Crippen LogP contribution is -2.44. The van der Waals surface area contributed by atoms with E-state index in [2.05, 4.69) is 9.72 Å². The van der Waals surface area contributed by atoms with Crippen LogP contribution in [-0.4, -0.2) is 45.7 Å². The fourth-order valence-corrected chi connectivity index (χ4v) is 6.43. The second kappa shape index (κ2) is 12.8. The van der Waals surface area contributed by atoms with E-state index in [-0.39, 0.29) is 48.0 Å². The molecule has 2 heterocycles. The highest BCUT2D eigenvalue weighted by atomic mass is 35.5. The van der Waals surface area contributed by atoms with Crippen molar-refractivity contribution in [1.82, 2.24) is 4.98 Å². The molecule has 43 heavy (non-hydrogen) atoms. The third-order valence-corrected chi connectivity index (χ3v) is 8.64. The summed E-state index contributed by atoms with van der Waals surface area (Å²) in [7, 11) is -3.55. The van der Waals surface area contributed by atoms with Gasteiger partial charge in [-0.25, -0.2) is 17.8 Å². The van der Waals surface area contributed by atoms with Crippen molar-refractivity contribution in [3.63, 3.8) is 0 Å². The number of esters is 1. The van der Waals surface area contributed by atoms with E-state index < -0.39 is 50.4 Å². The Bertz CT molecular complexity index is 1640. The predicted octanol–water partition coefficient (Wildman–Crippen LogP) is 6.76. The largest absolute Gasteiger partial charge is 0.486 e. The molecule has 1 aliphatic rings. The quantitative estimate of drug-likeness (QED) is 0.145. The van der Waals surface area contributed by atoms with E-state index in [0.29, 0.717) is 23.4 Å². The molecule has 0 unspecified atom stereocenters. The first-order valence-corrected chi connectivity index (χ1v) is 14.8. The normalized spacial score (nSPS) is 15.5. The number of anilines is 1. The van der Waals surface area contributed by atoms with Gasteiger partial charge < -0.3 is 14.2 Å². The van der Waals surface area contributed by atoms with Crippen LogP contribution < -0.4 is 13.8 Å². The molecule has 4 rings (SSSR count). The molecule has 0 amide bonds. The first-order valence-electron chi connectivity index (χ1n) is 13.0. The van der Waals surface area contributed by atoms with Crippen LogP contribution in [0.1, 0.15) is 43.4 Å². The average Bonchev–Trinajstić information content (AvgIpc) is 2.95. The summed E-state index contributed by atoms with van der Waals surface area (Å²) in [6.07, 6.45) is -3.69. The van der Waals surface area contributed by atoms with Gasteiger partial charge in [0.25, 0.3) is 10.0 Å². The summed E-state index contributed by atoms with van der Waals surface area (Å²) >= 11 is 6.20. The summed E-state index contributed by atoms with van der Waals surface area (Å²) in [6, 6.07) is 9.24. The van der Waals surface area contributed by atoms with Gasteiger partial charge >= 0.3 is 12.1 Å². The second-order valence-corrected chi connectivity index (χ2v) is 11.7. The van der Waals surface area contributed by atoms with Crippen LogP contribution in [-0.2, 0) is 25.7 Å². The van der Waals surface area contributed by atoms with E-state index in [0.717, 1.165) is 4.31 Å². The number of benzene rings is 2. The summed E-state index contributed by atoms with van der Waals surface area (Å²) in [4.78, 5) is 14.6. The Kier molecular flexibility index (Phi) is 9.55. The average molecular weight is 643 g/mol. The van der Waals surface area contributed by atoms with E-state index in [1.165, 1.54) is 44.4 Å². The van der Waals surface area contributed by atoms with Crippen molar-refractivity contribution in [2.24, 2.45) is 0 Å². The van der Waals surface area contributed by atoms with Gasteiger partial charge in [-0.05, 0) is 61.7 Å². The highest BCUT2D eigenvalue weighted by Crippen LogP contribution is 2.42. The van der Waals surface area contributed by atoms with Gasteiger partial charge in [0, 0.05) is 18.2 Å². The molecule has 1 aromatic heterocycles. The highest BCUT2D eigenvalue weighted by molar-refractivity contribution is 7.93. The van der Waals surface area contributed by atoms with Gasteiger partial charge in [0.15, 0.2) is 4.90 Å². The van der Waals surface area contributed by atoms with E-state index in [9.17, 15) is 30.8 Å². The topological polar surface area (TPSA) is 95.0 Å². The lowest BCUT2D eigenvalue weighted by atomic mass is 10.0. The van der Waals surface area contributed by atoms with Gasteiger partial charge in [0.05, 0.1) is 36.5 Å². The first kappa shape index (κ1) is 32.1.